The molecule has 0 aliphatic rings. The zero-order valence-electron chi connectivity index (χ0n) is 10.5. The van der Waals surface area contributed by atoms with E-state index in [2.05, 4.69) is 10.4 Å². The van der Waals surface area contributed by atoms with Crippen LogP contribution in [-0.4, -0.2) is 23.4 Å². The summed E-state index contributed by atoms with van der Waals surface area (Å²) >= 11 is 5.97. The van der Waals surface area contributed by atoms with Gasteiger partial charge in [0.25, 0.3) is 0 Å². The van der Waals surface area contributed by atoms with Crippen molar-refractivity contribution in [2.24, 2.45) is 7.05 Å². The summed E-state index contributed by atoms with van der Waals surface area (Å²) in [5.41, 5.74) is 2.09. The quantitative estimate of drug-likeness (QED) is 0.904. The fraction of sp³-hybridized carbons (Fsp3) is 0.308. The van der Waals surface area contributed by atoms with E-state index in [1.807, 2.05) is 36.0 Å². The van der Waals surface area contributed by atoms with Gasteiger partial charge in [0.05, 0.1) is 12.8 Å². The molecule has 0 saturated heterocycles. The number of methoxy groups -OCH3 is 1. The SMILES string of the molecule is COc1ccc(Cl)cc1NCCc1ccnn1C. The molecule has 0 saturated carbocycles. The van der Waals surface area contributed by atoms with E-state index in [0.29, 0.717) is 5.02 Å². The Bertz CT molecular complexity index is 525. The fourth-order valence-corrected chi connectivity index (χ4v) is 1.96. The molecule has 18 heavy (non-hydrogen) atoms. The summed E-state index contributed by atoms with van der Waals surface area (Å²) in [5.74, 6) is 0.796. The average molecular weight is 266 g/mol. The average Bonchev–Trinajstić information content (AvgIpc) is 2.76. The van der Waals surface area contributed by atoms with Crippen LogP contribution >= 0.6 is 11.6 Å². The minimum Gasteiger partial charge on any atom is -0.495 e. The Hall–Kier alpha value is -1.68. The molecule has 0 fully saturated rings. The number of anilines is 1. The molecule has 0 amide bonds. The molecule has 0 radical (unpaired) electrons. The molecule has 0 bridgehead atoms. The molecule has 1 N–H and O–H groups in total. The zero-order valence-corrected chi connectivity index (χ0v) is 11.2. The van der Waals surface area contributed by atoms with E-state index in [1.54, 1.807) is 13.3 Å². The second-order valence-corrected chi connectivity index (χ2v) is 4.40. The molecule has 5 heteroatoms. The molecule has 4 nitrogen and oxygen atoms in total. The third-order valence-corrected chi connectivity index (χ3v) is 3.02. The third-order valence-electron chi connectivity index (χ3n) is 2.78. The number of ether oxygens (including phenoxy) is 1. The molecule has 1 aromatic carbocycles. The summed E-state index contributed by atoms with van der Waals surface area (Å²) in [7, 11) is 3.59. The topological polar surface area (TPSA) is 39.1 Å². The van der Waals surface area contributed by atoms with Crippen molar-refractivity contribution < 1.29 is 4.74 Å². The number of aryl methyl sites for hydroxylation is 1. The van der Waals surface area contributed by atoms with Gasteiger partial charge in [-0.25, -0.2) is 0 Å². The highest BCUT2D eigenvalue weighted by atomic mass is 35.5. The van der Waals surface area contributed by atoms with Crippen molar-refractivity contribution in [2.75, 3.05) is 19.0 Å². The molecule has 1 aromatic heterocycles. The maximum atomic E-state index is 5.97. The lowest BCUT2D eigenvalue weighted by molar-refractivity contribution is 0.416. The zero-order chi connectivity index (χ0) is 13.0. The number of nitrogens with zero attached hydrogens (tertiary/aromatic N) is 2. The molecule has 0 aliphatic carbocycles. The smallest absolute Gasteiger partial charge is 0.142 e. The van der Waals surface area contributed by atoms with Crippen LogP contribution in [0, 0.1) is 0 Å². The van der Waals surface area contributed by atoms with Crippen molar-refractivity contribution in [3.63, 3.8) is 0 Å². The van der Waals surface area contributed by atoms with Crippen LogP contribution in [0.15, 0.2) is 30.5 Å². The van der Waals surface area contributed by atoms with Crippen molar-refractivity contribution in [1.82, 2.24) is 9.78 Å². The van der Waals surface area contributed by atoms with E-state index in [0.717, 1.165) is 24.4 Å². The molecule has 0 spiro atoms. The van der Waals surface area contributed by atoms with Gasteiger partial charge in [-0.2, -0.15) is 5.10 Å². The highest BCUT2D eigenvalue weighted by Gasteiger charge is 2.04. The van der Waals surface area contributed by atoms with Crippen molar-refractivity contribution in [3.05, 3.63) is 41.2 Å². The standard InChI is InChI=1S/C13H16ClN3O/c1-17-11(6-8-16-17)5-7-15-12-9-10(14)3-4-13(12)18-2/h3-4,6,8-9,15H,5,7H2,1-2H3. The van der Waals surface area contributed by atoms with Gasteiger partial charge in [-0.05, 0) is 24.3 Å². The van der Waals surface area contributed by atoms with Crippen LogP contribution in [-0.2, 0) is 13.5 Å². The van der Waals surface area contributed by atoms with Gasteiger partial charge in [0, 0.05) is 36.9 Å². The van der Waals surface area contributed by atoms with E-state index in [-0.39, 0.29) is 0 Å². The number of benzene rings is 1. The maximum absolute atomic E-state index is 5.97. The lowest BCUT2D eigenvalue weighted by Gasteiger charge is -2.11. The molecule has 2 rings (SSSR count). The van der Waals surface area contributed by atoms with E-state index in [9.17, 15) is 0 Å². The van der Waals surface area contributed by atoms with Gasteiger partial charge in [-0.1, -0.05) is 11.6 Å². The van der Waals surface area contributed by atoms with Crippen molar-refractivity contribution in [2.45, 2.75) is 6.42 Å². The molecular formula is C13H16ClN3O. The van der Waals surface area contributed by atoms with Gasteiger partial charge in [-0.3, -0.25) is 4.68 Å². The number of aromatic nitrogens is 2. The number of hydrogen-bond donors (Lipinski definition) is 1. The Morgan fingerprint density at radius 2 is 2.22 bits per heavy atom. The van der Waals surface area contributed by atoms with E-state index < -0.39 is 0 Å². The predicted octanol–water partition coefficient (Wildman–Crippen LogP) is 2.74. The molecule has 0 aliphatic heterocycles. The molecule has 0 atom stereocenters. The fourth-order valence-electron chi connectivity index (χ4n) is 1.79. The highest BCUT2D eigenvalue weighted by molar-refractivity contribution is 6.30. The Morgan fingerprint density at radius 3 is 2.89 bits per heavy atom. The lowest BCUT2D eigenvalue weighted by atomic mass is 10.2. The summed E-state index contributed by atoms with van der Waals surface area (Å²) in [5, 5.41) is 8.15. The lowest BCUT2D eigenvalue weighted by Crippen LogP contribution is -2.09. The maximum Gasteiger partial charge on any atom is 0.142 e. The summed E-state index contributed by atoms with van der Waals surface area (Å²) in [6, 6.07) is 7.54. The third kappa shape index (κ3) is 2.96. The van der Waals surface area contributed by atoms with Crippen LogP contribution in [0.3, 0.4) is 0 Å². The minimum atomic E-state index is 0.693. The Labute approximate surface area is 112 Å². The summed E-state index contributed by atoms with van der Waals surface area (Å²) in [6.45, 7) is 0.802. The molecular weight excluding hydrogens is 250 g/mol. The van der Waals surface area contributed by atoms with E-state index in [1.165, 1.54) is 5.69 Å². The number of nitrogens with one attached hydrogen (secondary N) is 1. The number of hydrogen-bond acceptors (Lipinski definition) is 3. The van der Waals surface area contributed by atoms with Crippen LogP contribution in [0.2, 0.25) is 5.02 Å². The van der Waals surface area contributed by atoms with Crippen LogP contribution in [0.1, 0.15) is 5.69 Å². The van der Waals surface area contributed by atoms with Gasteiger partial charge >= 0.3 is 0 Å². The first-order valence-corrected chi connectivity index (χ1v) is 6.13. The first kappa shape index (κ1) is 12.8. The summed E-state index contributed by atoms with van der Waals surface area (Å²) in [4.78, 5) is 0. The first-order chi connectivity index (χ1) is 8.70. The van der Waals surface area contributed by atoms with Crippen LogP contribution in [0.5, 0.6) is 5.75 Å². The monoisotopic (exact) mass is 265 g/mol. The van der Waals surface area contributed by atoms with Crippen LogP contribution in [0.25, 0.3) is 0 Å². The second-order valence-electron chi connectivity index (χ2n) is 3.97. The molecule has 1 heterocycles. The molecule has 2 aromatic rings. The minimum absolute atomic E-state index is 0.693. The Balaban J connectivity index is 1.98. The predicted molar refractivity (Wildman–Crippen MR) is 73.4 cm³/mol. The highest BCUT2D eigenvalue weighted by Crippen LogP contribution is 2.27. The van der Waals surface area contributed by atoms with E-state index >= 15 is 0 Å². The molecule has 0 unspecified atom stereocenters. The number of rotatable bonds is 5. The van der Waals surface area contributed by atoms with Crippen LogP contribution in [0.4, 0.5) is 5.69 Å². The second kappa shape index (κ2) is 5.78. The molecule has 96 valence electrons. The van der Waals surface area contributed by atoms with Gasteiger partial charge < -0.3 is 10.1 Å². The summed E-state index contributed by atoms with van der Waals surface area (Å²) < 4.78 is 7.15. The van der Waals surface area contributed by atoms with E-state index in [4.69, 9.17) is 16.3 Å². The number of halogens is 1. The van der Waals surface area contributed by atoms with Crippen LogP contribution < -0.4 is 10.1 Å². The van der Waals surface area contributed by atoms with Crippen molar-refractivity contribution in [1.29, 1.82) is 0 Å². The van der Waals surface area contributed by atoms with Crippen molar-refractivity contribution >= 4 is 17.3 Å². The summed E-state index contributed by atoms with van der Waals surface area (Å²) in [6.07, 6.45) is 2.70. The van der Waals surface area contributed by atoms with Gasteiger partial charge in [0.2, 0.25) is 0 Å². The van der Waals surface area contributed by atoms with Gasteiger partial charge in [0.15, 0.2) is 0 Å². The normalized spacial score (nSPS) is 10.4. The first-order valence-electron chi connectivity index (χ1n) is 5.75. The Kier molecular flexibility index (Phi) is 4.10. The van der Waals surface area contributed by atoms with Gasteiger partial charge in [-0.15, -0.1) is 0 Å². The van der Waals surface area contributed by atoms with Crippen molar-refractivity contribution in [3.8, 4) is 5.75 Å². The van der Waals surface area contributed by atoms with Gasteiger partial charge in [0.1, 0.15) is 5.75 Å². The Morgan fingerprint density at radius 1 is 1.39 bits per heavy atom. The largest absolute Gasteiger partial charge is 0.495 e.